The van der Waals surface area contributed by atoms with E-state index in [9.17, 15) is 0 Å². The lowest BCUT2D eigenvalue weighted by molar-refractivity contribution is 1.32. The van der Waals surface area contributed by atoms with Crippen molar-refractivity contribution in [2.75, 3.05) is 0 Å². The summed E-state index contributed by atoms with van der Waals surface area (Å²) in [4.78, 5) is 10.6. The second-order valence-corrected chi connectivity index (χ2v) is 14.2. The number of pyridine rings is 2. The zero-order valence-electron chi connectivity index (χ0n) is 30.7. The Labute approximate surface area is 327 Å². The molecule has 0 saturated heterocycles. The van der Waals surface area contributed by atoms with Gasteiger partial charge in [0.15, 0.2) is 0 Å². The third kappa shape index (κ3) is 6.34. The molecule has 0 unspecified atom stereocenters. The van der Waals surface area contributed by atoms with Crippen molar-refractivity contribution in [2.45, 2.75) is 0 Å². The summed E-state index contributed by atoms with van der Waals surface area (Å²) in [6.45, 7) is 0. The van der Waals surface area contributed by atoms with Gasteiger partial charge in [0.1, 0.15) is 0 Å². The fourth-order valence-electron chi connectivity index (χ4n) is 7.82. The summed E-state index contributed by atoms with van der Waals surface area (Å²) in [5.41, 5.74) is 16.3. The average molecular weight is 713 g/mol. The maximum absolute atomic E-state index is 5.45. The van der Waals surface area contributed by atoms with Crippen molar-refractivity contribution >= 4 is 21.7 Å². The van der Waals surface area contributed by atoms with Gasteiger partial charge in [-0.25, -0.2) is 9.97 Å². The predicted molar refractivity (Wildman–Crippen MR) is 235 cm³/mol. The number of rotatable bonds is 7. The molecule has 0 atom stereocenters. The van der Waals surface area contributed by atoms with Crippen molar-refractivity contribution in [1.82, 2.24) is 9.97 Å². The van der Waals surface area contributed by atoms with Crippen LogP contribution in [0, 0.1) is 0 Å². The van der Waals surface area contributed by atoms with Crippen LogP contribution < -0.4 is 0 Å². The van der Waals surface area contributed by atoms with Gasteiger partial charge in [0, 0.05) is 27.6 Å². The van der Waals surface area contributed by atoms with Crippen LogP contribution in [0.2, 0.25) is 0 Å². The van der Waals surface area contributed by atoms with E-state index in [1.807, 2.05) is 6.07 Å². The second-order valence-electron chi connectivity index (χ2n) is 14.2. The molecule has 0 aliphatic heterocycles. The molecule has 262 valence electrons. The predicted octanol–water partition coefficient (Wildman–Crippen LogP) is 14.5. The summed E-state index contributed by atoms with van der Waals surface area (Å²) in [5.74, 6) is 0. The van der Waals surface area contributed by atoms with Crippen molar-refractivity contribution < 1.29 is 0 Å². The maximum atomic E-state index is 5.45. The molecular formula is C54H36N2. The molecule has 0 spiro atoms. The van der Waals surface area contributed by atoms with Gasteiger partial charge >= 0.3 is 0 Å². The third-order valence-electron chi connectivity index (χ3n) is 10.7. The minimum absolute atomic E-state index is 0.941. The van der Waals surface area contributed by atoms with Crippen LogP contribution in [0.15, 0.2) is 218 Å². The standard InChI is InChI=1S/C54H36N2/c1-5-15-37(16-6-1)38-27-31-44(32-28-38)51-35-46(34-50(55-51)42-19-9-3-10-20-42)39-25-29-41(30-26-39)49-33-45-23-13-14-24-47(45)53-48(40-17-7-2-8-18-40)36-52(56-54(49)53)43-21-11-4-12-22-43/h1-36H. The van der Waals surface area contributed by atoms with E-state index in [0.717, 1.165) is 66.9 Å². The molecule has 10 rings (SSSR count). The van der Waals surface area contributed by atoms with Crippen LogP contribution >= 0.6 is 0 Å². The first kappa shape index (κ1) is 33.2. The summed E-state index contributed by atoms with van der Waals surface area (Å²) >= 11 is 0. The monoisotopic (exact) mass is 712 g/mol. The normalized spacial score (nSPS) is 11.2. The number of hydrogen-bond acceptors (Lipinski definition) is 2. The summed E-state index contributed by atoms with van der Waals surface area (Å²) in [6, 6.07) is 77.5. The van der Waals surface area contributed by atoms with Crippen LogP contribution in [0.25, 0.3) is 100.0 Å². The van der Waals surface area contributed by atoms with E-state index in [-0.39, 0.29) is 0 Å². The molecule has 2 heterocycles. The maximum Gasteiger partial charge on any atom is 0.0800 e. The van der Waals surface area contributed by atoms with Crippen LogP contribution in [-0.2, 0) is 0 Å². The average Bonchev–Trinajstić information content (AvgIpc) is 3.29. The van der Waals surface area contributed by atoms with Crippen LogP contribution in [0.1, 0.15) is 0 Å². The summed E-state index contributed by atoms with van der Waals surface area (Å²) in [6.07, 6.45) is 0. The van der Waals surface area contributed by atoms with E-state index < -0.39 is 0 Å². The number of fused-ring (bicyclic) bond motifs is 3. The molecule has 10 aromatic rings. The van der Waals surface area contributed by atoms with Crippen molar-refractivity contribution in [1.29, 1.82) is 0 Å². The number of nitrogens with zero attached hydrogens (tertiary/aromatic N) is 2. The molecule has 0 amide bonds. The Balaban J connectivity index is 1.12. The van der Waals surface area contributed by atoms with Gasteiger partial charge in [0.05, 0.1) is 22.6 Å². The minimum Gasteiger partial charge on any atom is -0.248 e. The summed E-state index contributed by atoms with van der Waals surface area (Å²) in [7, 11) is 0. The largest absolute Gasteiger partial charge is 0.248 e. The van der Waals surface area contributed by atoms with E-state index in [0.29, 0.717) is 0 Å². The molecule has 8 aromatic carbocycles. The van der Waals surface area contributed by atoms with Gasteiger partial charge in [-0.15, -0.1) is 0 Å². The highest BCUT2D eigenvalue weighted by atomic mass is 14.7. The zero-order valence-corrected chi connectivity index (χ0v) is 30.7. The quantitative estimate of drug-likeness (QED) is 0.154. The SMILES string of the molecule is c1ccc(-c2ccc(-c3cc(-c4ccc(-c5cc6ccccc6c6c(-c7ccccc7)cc(-c7ccccc7)nc56)cc4)cc(-c4ccccc4)n3)cc2)cc1. The van der Waals surface area contributed by atoms with Crippen molar-refractivity contribution in [2.24, 2.45) is 0 Å². The summed E-state index contributed by atoms with van der Waals surface area (Å²) in [5, 5.41) is 3.55. The van der Waals surface area contributed by atoms with Gasteiger partial charge in [-0.05, 0) is 74.0 Å². The molecule has 0 bridgehead atoms. The van der Waals surface area contributed by atoms with Crippen LogP contribution in [-0.4, -0.2) is 9.97 Å². The molecule has 0 radical (unpaired) electrons. The molecule has 2 aromatic heterocycles. The highest BCUT2D eigenvalue weighted by Crippen LogP contribution is 2.42. The fraction of sp³-hybridized carbons (Fsp3) is 0. The van der Waals surface area contributed by atoms with Crippen molar-refractivity contribution in [3.05, 3.63) is 218 Å². The first-order valence-electron chi connectivity index (χ1n) is 19.1. The smallest absolute Gasteiger partial charge is 0.0800 e. The topological polar surface area (TPSA) is 25.8 Å². The van der Waals surface area contributed by atoms with Crippen LogP contribution in [0.5, 0.6) is 0 Å². The van der Waals surface area contributed by atoms with E-state index in [4.69, 9.17) is 9.97 Å². The summed E-state index contributed by atoms with van der Waals surface area (Å²) < 4.78 is 0. The Kier molecular flexibility index (Phi) is 8.55. The van der Waals surface area contributed by atoms with Gasteiger partial charge in [-0.3, -0.25) is 0 Å². The van der Waals surface area contributed by atoms with Gasteiger partial charge < -0.3 is 0 Å². The number of hydrogen-bond donors (Lipinski definition) is 0. The van der Waals surface area contributed by atoms with Crippen LogP contribution in [0.3, 0.4) is 0 Å². The molecule has 2 heteroatoms. The van der Waals surface area contributed by atoms with Crippen LogP contribution in [0.4, 0.5) is 0 Å². The van der Waals surface area contributed by atoms with E-state index >= 15 is 0 Å². The Morgan fingerprint density at radius 1 is 0.250 bits per heavy atom. The number of aromatic nitrogens is 2. The van der Waals surface area contributed by atoms with E-state index in [1.54, 1.807) is 0 Å². The molecule has 0 aliphatic carbocycles. The molecule has 2 nitrogen and oxygen atoms in total. The fourth-order valence-corrected chi connectivity index (χ4v) is 7.82. The first-order valence-corrected chi connectivity index (χ1v) is 19.1. The minimum atomic E-state index is 0.941. The molecule has 0 fully saturated rings. The van der Waals surface area contributed by atoms with Gasteiger partial charge in [-0.1, -0.05) is 194 Å². The molecule has 0 aliphatic rings. The first-order chi connectivity index (χ1) is 27.7. The molecule has 56 heavy (non-hydrogen) atoms. The Bertz CT molecular complexity index is 2960. The highest BCUT2D eigenvalue weighted by molar-refractivity contribution is 6.18. The van der Waals surface area contributed by atoms with Crippen molar-refractivity contribution in [3.8, 4) is 78.3 Å². The Morgan fingerprint density at radius 2 is 0.643 bits per heavy atom. The van der Waals surface area contributed by atoms with Gasteiger partial charge in [-0.2, -0.15) is 0 Å². The molecular weight excluding hydrogens is 677 g/mol. The lowest BCUT2D eigenvalue weighted by Gasteiger charge is -2.17. The van der Waals surface area contributed by atoms with Gasteiger partial charge in [0.2, 0.25) is 0 Å². The van der Waals surface area contributed by atoms with Crippen molar-refractivity contribution in [3.63, 3.8) is 0 Å². The Morgan fingerprint density at radius 3 is 1.23 bits per heavy atom. The zero-order chi connectivity index (χ0) is 37.3. The second kappa shape index (κ2) is 14.4. The highest BCUT2D eigenvalue weighted by Gasteiger charge is 2.18. The lowest BCUT2D eigenvalue weighted by atomic mass is 9.90. The molecule has 0 saturated carbocycles. The molecule has 0 N–H and O–H groups in total. The van der Waals surface area contributed by atoms with E-state index in [2.05, 4.69) is 212 Å². The van der Waals surface area contributed by atoms with E-state index in [1.165, 1.54) is 33.0 Å². The number of benzene rings is 8. The Hall–Kier alpha value is -7.42. The van der Waals surface area contributed by atoms with Gasteiger partial charge in [0.25, 0.3) is 0 Å². The lowest BCUT2D eigenvalue weighted by Crippen LogP contribution is -1.94. The third-order valence-corrected chi connectivity index (χ3v) is 10.7.